The molecule has 0 aliphatic carbocycles. The third-order valence-corrected chi connectivity index (χ3v) is 2.99. The topological polar surface area (TPSA) is 38.5 Å². The summed E-state index contributed by atoms with van der Waals surface area (Å²) in [6.45, 7) is 4.96. The highest BCUT2D eigenvalue weighted by atomic mass is 19.1. The summed E-state index contributed by atoms with van der Waals surface area (Å²) in [5.74, 6) is -1.33. The Labute approximate surface area is 99.2 Å². The van der Waals surface area contributed by atoms with E-state index in [0.717, 1.165) is 6.07 Å². The summed E-state index contributed by atoms with van der Waals surface area (Å²) in [6, 6.07) is 2.12. The molecule has 94 valence electrons. The number of halogens is 2. The second-order valence-electron chi connectivity index (χ2n) is 4.47. The molecule has 2 atom stereocenters. The zero-order valence-electron chi connectivity index (χ0n) is 9.91. The van der Waals surface area contributed by atoms with Gasteiger partial charge in [0.15, 0.2) is 5.82 Å². The molecule has 1 aromatic rings. The maximum absolute atomic E-state index is 13.4. The second-order valence-corrected chi connectivity index (χ2v) is 4.47. The van der Waals surface area contributed by atoms with E-state index in [1.165, 1.54) is 6.07 Å². The van der Waals surface area contributed by atoms with E-state index in [4.69, 9.17) is 10.5 Å². The molecule has 5 heteroatoms. The number of hydrogen-bond donors (Lipinski definition) is 1. The van der Waals surface area contributed by atoms with E-state index in [0.29, 0.717) is 18.8 Å². The van der Waals surface area contributed by atoms with Crippen molar-refractivity contribution in [2.24, 2.45) is 0 Å². The van der Waals surface area contributed by atoms with Crippen LogP contribution in [0.3, 0.4) is 0 Å². The molecule has 1 aliphatic heterocycles. The Hall–Kier alpha value is -1.36. The molecule has 1 fully saturated rings. The van der Waals surface area contributed by atoms with Gasteiger partial charge in [0, 0.05) is 18.7 Å². The van der Waals surface area contributed by atoms with Crippen LogP contribution in [-0.2, 0) is 4.74 Å². The normalized spacial score (nSPS) is 25.1. The highest BCUT2D eigenvalue weighted by Gasteiger charge is 2.26. The minimum atomic E-state index is -0.716. The van der Waals surface area contributed by atoms with Gasteiger partial charge in [-0.1, -0.05) is 0 Å². The van der Waals surface area contributed by atoms with Gasteiger partial charge in [0.25, 0.3) is 0 Å². The average molecular weight is 242 g/mol. The SMILES string of the molecule is CC1CN(c2cc(F)cc(F)c2N)C(C)CO1. The summed E-state index contributed by atoms with van der Waals surface area (Å²) in [4.78, 5) is 1.88. The molecule has 2 N–H and O–H groups in total. The molecule has 1 aromatic carbocycles. The van der Waals surface area contributed by atoms with Crippen LogP contribution < -0.4 is 10.6 Å². The van der Waals surface area contributed by atoms with Gasteiger partial charge in [-0.15, -0.1) is 0 Å². The number of morpholine rings is 1. The fraction of sp³-hybridized carbons (Fsp3) is 0.500. The van der Waals surface area contributed by atoms with E-state index < -0.39 is 11.6 Å². The maximum Gasteiger partial charge on any atom is 0.151 e. The van der Waals surface area contributed by atoms with Crippen molar-refractivity contribution in [3.63, 3.8) is 0 Å². The Morgan fingerprint density at radius 3 is 2.76 bits per heavy atom. The summed E-state index contributed by atoms with van der Waals surface area (Å²) in [5, 5.41) is 0. The average Bonchev–Trinajstić information content (AvgIpc) is 2.27. The van der Waals surface area contributed by atoms with Crippen LogP contribution in [0, 0.1) is 11.6 Å². The van der Waals surface area contributed by atoms with Crippen LogP contribution in [0.2, 0.25) is 0 Å². The van der Waals surface area contributed by atoms with Crippen LogP contribution >= 0.6 is 0 Å². The Morgan fingerprint density at radius 2 is 2.06 bits per heavy atom. The van der Waals surface area contributed by atoms with Crippen molar-refractivity contribution < 1.29 is 13.5 Å². The molecule has 1 saturated heterocycles. The number of benzene rings is 1. The van der Waals surface area contributed by atoms with E-state index in [1.807, 2.05) is 18.7 Å². The monoisotopic (exact) mass is 242 g/mol. The minimum Gasteiger partial charge on any atom is -0.395 e. The first-order valence-corrected chi connectivity index (χ1v) is 5.61. The van der Waals surface area contributed by atoms with E-state index in [1.54, 1.807) is 0 Å². The number of anilines is 2. The van der Waals surface area contributed by atoms with Gasteiger partial charge in [-0.2, -0.15) is 0 Å². The Balaban J connectivity index is 2.38. The van der Waals surface area contributed by atoms with Gasteiger partial charge < -0.3 is 15.4 Å². The van der Waals surface area contributed by atoms with Gasteiger partial charge >= 0.3 is 0 Å². The maximum atomic E-state index is 13.4. The zero-order chi connectivity index (χ0) is 12.6. The quantitative estimate of drug-likeness (QED) is 0.767. The highest BCUT2D eigenvalue weighted by molar-refractivity contribution is 5.69. The lowest BCUT2D eigenvalue weighted by atomic mass is 10.1. The molecule has 2 unspecified atom stereocenters. The molecule has 3 nitrogen and oxygen atoms in total. The largest absolute Gasteiger partial charge is 0.395 e. The molecule has 0 radical (unpaired) electrons. The molecular weight excluding hydrogens is 226 g/mol. The molecule has 1 heterocycles. The summed E-state index contributed by atoms with van der Waals surface area (Å²) in [5.41, 5.74) is 6.07. The molecule has 0 bridgehead atoms. The second kappa shape index (κ2) is 4.49. The number of nitrogen functional groups attached to an aromatic ring is 1. The summed E-state index contributed by atoms with van der Waals surface area (Å²) < 4.78 is 32.1. The van der Waals surface area contributed by atoms with Crippen molar-refractivity contribution in [1.29, 1.82) is 0 Å². The number of hydrogen-bond acceptors (Lipinski definition) is 3. The lowest BCUT2D eigenvalue weighted by Crippen LogP contribution is -2.47. The van der Waals surface area contributed by atoms with Gasteiger partial charge in [0.05, 0.1) is 24.1 Å². The Kier molecular flexibility index (Phi) is 3.19. The first-order valence-electron chi connectivity index (χ1n) is 5.61. The predicted octanol–water partition coefficient (Wildman–Crippen LogP) is 2.16. The number of ether oxygens (including phenoxy) is 1. The van der Waals surface area contributed by atoms with E-state index >= 15 is 0 Å². The predicted molar refractivity (Wildman–Crippen MR) is 63.0 cm³/mol. The van der Waals surface area contributed by atoms with Crippen molar-refractivity contribution in [1.82, 2.24) is 0 Å². The Morgan fingerprint density at radius 1 is 1.35 bits per heavy atom. The van der Waals surface area contributed by atoms with Crippen LogP contribution in [0.5, 0.6) is 0 Å². The van der Waals surface area contributed by atoms with Crippen molar-refractivity contribution >= 4 is 11.4 Å². The van der Waals surface area contributed by atoms with Crippen LogP contribution in [0.25, 0.3) is 0 Å². The van der Waals surface area contributed by atoms with Crippen LogP contribution in [0.1, 0.15) is 13.8 Å². The molecule has 1 aliphatic rings. The highest BCUT2D eigenvalue weighted by Crippen LogP contribution is 2.30. The van der Waals surface area contributed by atoms with Gasteiger partial charge in [0.2, 0.25) is 0 Å². The van der Waals surface area contributed by atoms with Gasteiger partial charge in [-0.3, -0.25) is 0 Å². The van der Waals surface area contributed by atoms with Crippen molar-refractivity contribution in [2.45, 2.75) is 26.0 Å². The summed E-state index contributed by atoms with van der Waals surface area (Å²) in [7, 11) is 0. The molecule has 0 amide bonds. The van der Waals surface area contributed by atoms with E-state index in [2.05, 4.69) is 0 Å². The van der Waals surface area contributed by atoms with Gasteiger partial charge in [-0.05, 0) is 19.9 Å². The van der Waals surface area contributed by atoms with Crippen LogP contribution in [-0.4, -0.2) is 25.3 Å². The third kappa shape index (κ3) is 2.34. The summed E-state index contributed by atoms with van der Waals surface area (Å²) >= 11 is 0. The van der Waals surface area contributed by atoms with E-state index in [-0.39, 0.29) is 17.8 Å². The van der Waals surface area contributed by atoms with Crippen molar-refractivity contribution in [3.8, 4) is 0 Å². The van der Waals surface area contributed by atoms with Crippen LogP contribution in [0.15, 0.2) is 12.1 Å². The van der Waals surface area contributed by atoms with E-state index in [9.17, 15) is 8.78 Å². The molecule has 2 rings (SSSR count). The first kappa shape index (κ1) is 12.1. The number of rotatable bonds is 1. The number of nitrogens with zero attached hydrogens (tertiary/aromatic N) is 1. The fourth-order valence-electron chi connectivity index (χ4n) is 2.05. The fourth-order valence-corrected chi connectivity index (χ4v) is 2.05. The van der Waals surface area contributed by atoms with Gasteiger partial charge in [-0.25, -0.2) is 8.78 Å². The lowest BCUT2D eigenvalue weighted by Gasteiger charge is -2.39. The van der Waals surface area contributed by atoms with Crippen LogP contribution in [0.4, 0.5) is 20.2 Å². The first-order chi connectivity index (χ1) is 7.99. The molecular formula is C12H16F2N2O. The molecule has 0 aromatic heterocycles. The third-order valence-electron chi connectivity index (χ3n) is 2.99. The molecule has 17 heavy (non-hydrogen) atoms. The van der Waals surface area contributed by atoms with Crippen molar-refractivity contribution in [3.05, 3.63) is 23.8 Å². The standard InChI is InChI=1S/C12H16F2N2O/c1-7-6-17-8(2)5-16(7)11-4-9(13)3-10(14)12(11)15/h3-4,7-8H,5-6,15H2,1-2H3. The summed E-state index contributed by atoms with van der Waals surface area (Å²) in [6.07, 6.45) is 0.0249. The number of nitrogens with two attached hydrogens (primary N) is 1. The van der Waals surface area contributed by atoms with Gasteiger partial charge in [0.1, 0.15) is 5.82 Å². The molecule has 0 spiro atoms. The van der Waals surface area contributed by atoms with Crippen molar-refractivity contribution in [2.75, 3.05) is 23.8 Å². The smallest absolute Gasteiger partial charge is 0.151 e. The Bertz CT molecular complexity index is 425. The zero-order valence-corrected chi connectivity index (χ0v) is 9.91. The minimum absolute atomic E-state index is 0.00708. The lowest BCUT2D eigenvalue weighted by molar-refractivity contribution is 0.0344. The molecule has 0 saturated carbocycles.